The molecule has 0 bridgehead atoms. The van der Waals surface area contributed by atoms with Crippen LogP contribution in [-0.2, 0) is 0 Å². The number of aliphatic hydroxyl groups excluding tert-OH is 1. The van der Waals surface area contributed by atoms with Crippen molar-refractivity contribution in [2.24, 2.45) is 0 Å². The van der Waals surface area contributed by atoms with Crippen LogP contribution in [0.4, 0.5) is 18.9 Å². The number of nitrogens with zero attached hydrogens (tertiary/aromatic N) is 1. The van der Waals surface area contributed by atoms with Gasteiger partial charge in [-0.2, -0.15) is 0 Å². The van der Waals surface area contributed by atoms with Gasteiger partial charge in [0, 0.05) is 12.6 Å². The Morgan fingerprint density at radius 1 is 1.47 bits per heavy atom. The molecule has 0 heterocycles. The van der Waals surface area contributed by atoms with Gasteiger partial charge in [0.2, 0.25) is 0 Å². The van der Waals surface area contributed by atoms with E-state index in [0.717, 1.165) is 12.1 Å². The number of nitro groups is 1. The molecule has 0 radical (unpaired) electrons. The van der Waals surface area contributed by atoms with E-state index in [1.807, 2.05) is 5.32 Å². The van der Waals surface area contributed by atoms with Crippen molar-refractivity contribution in [3.8, 4) is 0 Å². The third-order valence-corrected chi connectivity index (χ3v) is 2.16. The van der Waals surface area contributed by atoms with Crippen LogP contribution in [0.25, 0.3) is 0 Å². The highest BCUT2D eigenvalue weighted by molar-refractivity contribution is 5.98. The highest BCUT2D eigenvalue weighted by Crippen LogP contribution is 2.19. The first-order valence-electron chi connectivity index (χ1n) is 5.01. The summed E-state index contributed by atoms with van der Waals surface area (Å²) in [5.74, 6) is -2.00. The summed E-state index contributed by atoms with van der Waals surface area (Å²) in [6.45, 7) is -0.801. The van der Waals surface area contributed by atoms with E-state index >= 15 is 0 Å². The van der Waals surface area contributed by atoms with Crippen LogP contribution in [0.5, 0.6) is 0 Å². The number of benzene rings is 1. The lowest BCUT2D eigenvalue weighted by atomic mass is 10.1. The number of hydrogen-bond donors (Lipinski definition) is 2. The molecular weight excluding hydrogens is 269 g/mol. The lowest BCUT2D eigenvalue weighted by Gasteiger charge is -2.10. The number of carbonyl (C=O) groups excluding carboxylic acids is 1. The van der Waals surface area contributed by atoms with Crippen molar-refractivity contribution in [2.45, 2.75) is 12.5 Å². The molecule has 19 heavy (non-hydrogen) atoms. The molecule has 0 saturated carbocycles. The van der Waals surface area contributed by atoms with E-state index in [1.165, 1.54) is 0 Å². The molecule has 1 atom stereocenters. The molecule has 1 rings (SSSR count). The molecule has 1 unspecified atom stereocenters. The van der Waals surface area contributed by atoms with Gasteiger partial charge in [0.05, 0.1) is 4.92 Å². The van der Waals surface area contributed by atoms with Crippen LogP contribution in [0.15, 0.2) is 18.2 Å². The Balaban J connectivity index is 2.87. The zero-order chi connectivity index (χ0) is 14.6. The smallest absolute Gasteiger partial charge is 0.282 e. The van der Waals surface area contributed by atoms with E-state index in [-0.39, 0.29) is 0 Å². The number of nitro benzene ring substituents is 1. The molecule has 0 aliphatic rings. The van der Waals surface area contributed by atoms with E-state index in [2.05, 4.69) is 0 Å². The molecule has 1 aromatic rings. The van der Waals surface area contributed by atoms with E-state index in [0.29, 0.717) is 6.07 Å². The van der Waals surface area contributed by atoms with Crippen molar-refractivity contribution < 1.29 is 28.0 Å². The van der Waals surface area contributed by atoms with Crippen molar-refractivity contribution in [2.75, 3.05) is 6.54 Å². The minimum Gasteiger partial charge on any atom is -0.385 e. The second-order valence-corrected chi connectivity index (χ2v) is 3.53. The predicted octanol–water partition coefficient (Wildman–Crippen LogP) is 1.09. The maximum Gasteiger partial charge on any atom is 0.282 e. The van der Waals surface area contributed by atoms with Gasteiger partial charge in [-0.15, -0.1) is 0 Å². The minimum absolute atomic E-state index is 0.605. The molecular formula is C10H9F3N2O4. The van der Waals surface area contributed by atoms with Gasteiger partial charge in [-0.25, -0.2) is 13.2 Å². The third kappa shape index (κ3) is 3.91. The van der Waals surface area contributed by atoms with Gasteiger partial charge in [0.1, 0.15) is 17.5 Å². The van der Waals surface area contributed by atoms with E-state index in [4.69, 9.17) is 5.11 Å². The highest BCUT2D eigenvalue weighted by Gasteiger charge is 2.23. The molecule has 0 saturated heterocycles. The molecule has 0 aliphatic carbocycles. The molecule has 6 nitrogen and oxygen atoms in total. The molecule has 0 fully saturated rings. The first-order chi connectivity index (χ1) is 8.82. The Morgan fingerprint density at radius 3 is 2.63 bits per heavy atom. The molecule has 1 aromatic carbocycles. The average molecular weight is 278 g/mol. The van der Waals surface area contributed by atoms with Crippen molar-refractivity contribution in [1.82, 2.24) is 5.32 Å². The van der Waals surface area contributed by atoms with Crippen LogP contribution in [0.1, 0.15) is 10.4 Å². The van der Waals surface area contributed by atoms with E-state index in [9.17, 15) is 28.1 Å². The fraction of sp³-hybridized carbons (Fsp3) is 0.300. The maximum absolute atomic E-state index is 12.9. The number of hydrogen-bond acceptors (Lipinski definition) is 4. The molecule has 9 heteroatoms. The van der Waals surface area contributed by atoms with Gasteiger partial charge in [0.25, 0.3) is 18.0 Å². The summed E-state index contributed by atoms with van der Waals surface area (Å²) in [5.41, 5.74) is -1.27. The van der Waals surface area contributed by atoms with E-state index < -0.39 is 47.0 Å². The summed E-state index contributed by atoms with van der Waals surface area (Å²) >= 11 is 0. The summed E-state index contributed by atoms with van der Waals surface area (Å²) in [6.07, 6.45) is -5.17. The second kappa shape index (κ2) is 6.14. The normalized spacial score (nSPS) is 12.3. The number of carbonyl (C=O) groups is 1. The molecule has 2 N–H and O–H groups in total. The number of aliphatic hydroxyl groups is 1. The Kier molecular flexibility index (Phi) is 4.81. The number of halogens is 3. The second-order valence-electron chi connectivity index (χ2n) is 3.53. The molecule has 0 aliphatic heterocycles. The summed E-state index contributed by atoms with van der Waals surface area (Å²) in [4.78, 5) is 21.2. The van der Waals surface area contributed by atoms with Crippen molar-refractivity contribution >= 4 is 11.6 Å². The van der Waals surface area contributed by atoms with Crippen LogP contribution < -0.4 is 5.32 Å². The van der Waals surface area contributed by atoms with Crippen LogP contribution in [0.3, 0.4) is 0 Å². The first kappa shape index (κ1) is 14.9. The zero-order valence-corrected chi connectivity index (χ0v) is 9.35. The number of amides is 1. The summed E-state index contributed by atoms with van der Waals surface area (Å²) < 4.78 is 36.9. The molecule has 1 amide bonds. The van der Waals surface area contributed by atoms with Gasteiger partial charge in [0.15, 0.2) is 0 Å². The van der Waals surface area contributed by atoms with Gasteiger partial charge >= 0.3 is 0 Å². The van der Waals surface area contributed by atoms with Crippen molar-refractivity contribution in [3.05, 3.63) is 39.7 Å². The predicted molar refractivity (Wildman–Crippen MR) is 57.4 cm³/mol. The third-order valence-electron chi connectivity index (χ3n) is 2.16. The van der Waals surface area contributed by atoms with Crippen molar-refractivity contribution in [3.63, 3.8) is 0 Å². The molecule has 0 aromatic heterocycles. The Labute approximate surface area is 105 Å². The topological polar surface area (TPSA) is 92.5 Å². The summed E-state index contributed by atoms with van der Waals surface area (Å²) in [5, 5.41) is 21.3. The van der Waals surface area contributed by atoms with Crippen LogP contribution >= 0.6 is 0 Å². The van der Waals surface area contributed by atoms with Gasteiger partial charge in [-0.3, -0.25) is 14.9 Å². The van der Waals surface area contributed by atoms with Gasteiger partial charge in [-0.1, -0.05) is 0 Å². The molecule has 0 spiro atoms. The first-order valence-corrected chi connectivity index (χ1v) is 5.01. The van der Waals surface area contributed by atoms with Crippen molar-refractivity contribution in [1.29, 1.82) is 0 Å². The number of rotatable bonds is 5. The Hall–Kier alpha value is -2.16. The summed E-state index contributed by atoms with van der Waals surface area (Å²) in [6, 6.07) is 2.19. The SMILES string of the molecule is O=C(NCC(O)C(F)F)c1cc(F)ccc1[N+](=O)[O-]. The standard InChI is InChI=1S/C10H9F3N2O4/c11-5-1-2-7(15(18)19)6(3-5)10(17)14-4-8(16)9(12)13/h1-3,8-9,16H,4H2,(H,14,17). The van der Waals surface area contributed by atoms with Gasteiger partial charge in [-0.05, 0) is 12.1 Å². The Bertz CT molecular complexity index is 496. The highest BCUT2D eigenvalue weighted by atomic mass is 19.3. The number of nitrogens with one attached hydrogen (secondary N) is 1. The fourth-order valence-corrected chi connectivity index (χ4v) is 1.23. The van der Waals surface area contributed by atoms with Crippen LogP contribution in [0.2, 0.25) is 0 Å². The summed E-state index contributed by atoms with van der Waals surface area (Å²) in [7, 11) is 0. The fourth-order valence-electron chi connectivity index (χ4n) is 1.23. The van der Waals surface area contributed by atoms with E-state index in [1.54, 1.807) is 0 Å². The monoisotopic (exact) mass is 278 g/mol. The van der Waals surface area contributed by atoms with Crippen LogP contribution in [-0.4, -0.2) is 35.0 Å². The maximum atomic E-state index is 12.9. The molecule has 104 valence electrons. The van der Waals surface area contributed by atoms with Gasteiger partial charge < -0.3 is 10.4 Å². The minimum atomic E-state index is -3.07. The quantitative estimate of drug-likeness (QED) is 0.623. The lowest BCUT2D eigenvalue weighted by molar-refractivity contribution is -0.385. The largest absolute Gasteiger partial charge is 0.385 e. The number of alkyl halides is 2. The average Bonchev–Trinajstić information content (AvgIpc) is 2.34. The lowest BCUT2D eigenvalue weighted by Crippen LogP contribution is -2.36. The Morgan fingerprint density at radius 2 is 2.11 bits per heavy atom. The zero-order valence-electron chi connectivity index (χ0n) is 9.35. The van der Waals surface area contributed by atoms with Crippen LogP contribution in [0, 0.1) is 15.9 Å².